The molecule has 0 unspecified atom stereocenters. The number of rotatable bonds is 6. The Morgan fingerprint density at radius 2 is 2.08 bits per heavy atom. The van der Waals surface area contributed by atoms with Gasteiger partial charge in [-0.1, -0.05) is 23.9 Å². The first kappa shape index (κ1) is 17.1. The summed E-state index contributed by atoms with van der Waals surface area (Å²) in [7, 11) is 1.56. The Kier molecular flexibility index (Phi) is 5.08. The van der Waals surface area contributed by atoms with Gasteiger partial charge in [0.2, 0.25) is 5.91 Å². The third-order valence-corrected chi connectivity index (χ3v) is 4.44. The van der Waals surface area contributed by atoms with Crippen molar-refractivity contribution in [1.29, 1.82) is 0 Å². The number of nitrogens with zero attached hydrogens (tertiary/aromatic N) is 2. The smallest absolute Gasteiger partial charge is 0.277 e. The van der Waals surface area contributed by atoms with Gasteiger partial charge in [0.15, 0.2) is 0 Å². The van der Waals surface area contributed by atoms with Crippen LogP contribution in [0.4, 0.5) is 5.69 Å². The molecule has 1 aromatic carbocycles. The molecular weight excluding hydrogens is 342 g/mol. The second kappa shape index (κ2) is 7.43. The maximum atomic E-state index is 12.4. The summed E-state index contributed by atoms with van der Waals surface area (Å²) in [5.41, 5.74) is 1.35. The van der Waals surface area contributed by atoms with Gasteiger partial charge in [-0.15, -0.1) is 10.2 Å². The number of hydrogen-bond acceptors (Lipinski definition) is 7. The molecule has 2 heterocycles. The minimum Gasteiger partial charge on any atom is -0.495 e. The van der Waals surface area contributed by atoms with Gasteiger partial charge in [-0.05, 0) is 32.0 Å². The molecule has 3 aromatic rings. The van der Waals surface area contributed by atoms with Crippen LogP contribution in [-0.4, -0.2) is 28.5 Å². The number of para-hydroxylation sites is 2. The average Bonchev–Trinajstić information content (AvgIpc) is 3.23. The number of aryl methyl sites for hydroxylation is 1. The standard InChI is InChI=1S/C17H17N3O4S/c1-10-12(8-9-23-10)16-19-20-17(24-16)25-11(2)15(21)18-13-6-4-5-7-14(13)22-3/h4-9,11H,1-3H3,(H,18,21)/t11-/m1/s1. The lowest BCUT2D eigenvalue weighted by molar-refractivity contribution is -0.115. The van der Waals surface area contributed by atoms with Crippen LogP contribution in [0.15, 0.2) is 50.7 Å². The van der Waals surface area contributed by atoms with Gasteiger partial charge in [0.05, 0.1) is 29.9 Å². The van der Waals surface area contributed by atoms with Crippen molar-refractivity contribution in [3.05, 3.63) is 42.4 Å². The summed E-state index contributed by atoms with van der Waals surface area (Å²) in [4.78, 5) is 12.4. The predicted molar refractivity (Wildman–Crippen MR) is 93.7 cm³/mol. The summed E-state index contributed by atoms with van der Waals surface area (Å²) in [6.07, 6.45) is 1.56. The highest BCUT2D eigenvalue weighted by Crippen LogP contribution is 2.29. The normalized spacial score (nSPS) is 12.0. The minimum absolute atomic E-state index is 0.186. The summed E-state index contributed by atoms with van der Waals surface area (Å²) in [5, 5.41) is 10.7. The molecule has 1 atom stereocenters. The fourth-order valence-electron chi connectivity index (χ4n) is 2.16. The Morgan fingerprint density at radius 3 is 2.80 bits per heavy atom. The van der Waals surface area contributed by atoms with E-state index in [4.69, 9.17) is 13.6 Å². The van der Waals surface area contributed by atoms with Crippen molar-refractivity contribution < 1.29 is 18.4 Å². The second-order valence-electron chi connectivity index (χ2n) is 5.21. The largest absolute Gasteiger partial charge is 0.495 e. The summed E-state index contributed by atoms with van der Waals surface area (Å²) in [6, 6.07) is 8.98. The number of methoxy groups -OCH3 is 1. The minimum atomic E-state index is -0.427. The number of thioether (sulfide) groups is 1. The van der Waals surface area contributed by atoms with Gasteiger partial charge in [0.1, 0.15) is 11.5 Å². The third-order valence-electron chi connectivity index (χ3n) is 3.51. The van der Waals surface area contributed by atoms with Crippen LogP contribution >= 0.6 is 11.8 Å². The highest BCUT2D eigenvalue weighted by Gasteiger charge is 2.20. The Hall–Kier alpha value is -2.74. The molecule has 3 rings (SSSR count). The summed E-state index contributed by atoms with van der Waals surface area (Å²) < 4.78 is 16.1. The molecule has 0 bridgehead atoms. The van der Waals surface area contributed by atoms with Crippen LogP contribution in [0, 0.1) is 6.92 Å². The molecule has 25 heavy (non-hydrogen) atoms. The molecule has 0 radical (unpaired) electrons. The Balaban J connectivity index is 1.66. The molecule has 1 N–H and O–H groups in total. The molecule has 1 amide bonds. The number of furan rings is 1. The number of carbonyl (C=O) groups is 1. The monoisotopic (exact) mass is 359 g/mol. The zero-order valence-corrected chi connectivity index (χ0v) is 14.8. The van der Waals surface area contributed by atoms with E-state index in [-0.39, 0.29) is 5.91 Å². The van der Waals surface area contributed by atoms with Crippen molar-refractivity contribution in [3.63, 3.8) is 0 Å². The van der Waals surface area contributed by atoms with E-state index in [2.05, 4.69) is 15.5 Å². The molecule has 0 saturated heterocycles. The van der Waals surface area contributed by atoms with E-state index in [1.54, 1.807) is 38.5 Å². The molecule has 2 aromatic heterocycles. The van der Waals surface area contributed by atoms with Crippen LogP contribution in [0.25, 0.3) is 11.5 Å². The molecule has 8 heteroatoms. The fourth-order valence-corrected chi connectivity index (χ4v) is 2.84. The highest BCUT2D eigenvalue weighted by atomic mass is 32.2. The lowest BCUT2D eigenvalue weighted by atomic mass is 10.3. The van der Waals surface area contributed by atoms with E-state index < -0.39 is 5.25 Å². The van der Waals surface area contributed by atoms with Crippen LogP contribution in [0.1, 0.15) is 12.7 Å². The van der Waals surface area contributed by atoms with Gasteiger partial charge in [-0.3, -0.25) is 4.79 Å². The SMILES string of the molecule is COc1ccccc1NC(=O)[C@@H](C)Sc1nnc(-c2ccoc2C)o1. The van der Waals surface area contributed by atoms with E-state index in [1.807, 2.05) is 19.1 Å². The first-order valence-corrected chi connectivity index (χ1v) is 8.45. The average molecular weight is 359 g/mol. The maximum Gasteiger partial charge on any atom is 0.277 e. The number of nitrogens with one attached hydrogen (secondary N) is 1. The van der Waals surface area contributed by atoms with Crippen LogP contribution in [0.3, 0.4) is 0 Å². The van der Waals surface area contributed by atoms with Crippen molar-refractivity contribution in [1.82, 2.24) is 10.2 Å². The summed E-state index contributed by atoms with van der Waals surface area (Å²) in [5.74, 6) is 1.48. The predicted octanol–water partition coefficient (Wildman–Crippen LogP) is 3.77. The molecule has 130 valence electrons. The van der Waals surface area contributed by atoms with Crippen molar-refractivity contribution in [2.75, 3.05) is 12.4 Å². The highest BCUT2D eigenvalue weighted by molar-refractivity contribution is 8.00. The number of aromatic nitrogens is 2. The van der Waals surface area contributed by atoms with Gasteiger partial charge in [0, 0.05) is 0 Å². The van der Waals surface area contributed by atoms with E-state index in [9.17, 15) is 4.79 Å². The molecule has 0 aliphatic heterocycles. The first-order chi connectivity index (χ1) is 12.1. The number of ether oxygens (including phenoxy) is 1. The van der Waals surface area contributed by atoms with Gasteiger partial charge in [-0.2, -0.15) is 0 Å². The third kappa shape index (κ3) is 3.85. The van der Waals surface area contributed by atoms with Crippen molar-refractivity contribution in [3.8, 4) is 17.2 Å². The van der Waals surface area contributed by atoms with E-state index in [0.717, 1.165) is 5.56 Å². The lowest BCUT2D eigenvalue weighted by Gasteiger charge is -2.12. The van der Waals surface area contributed by atoms with Gasteiger partial charge in [-0.25, -0.2) is 0 Å². The van der Waals surface area contributed by atoms with Crippen LogP contribution in [-0.2, 0) is 4.79 Å². The zero-order valence-electron chi connectivity index (χ0n) is 14.0. The number of benzene rings is 1. The lowest BCUT2D eigenvalue weighted by Crippen LogP contribution is -2.22. The summed E-state index contributed by atoms with van der Waals surface area (Å²) >= 11 is 1.18. The van der Waals surface area contributed by atoms with Gasteiger partial charge in [0.25, 0.3) is 11.1 Å². The van der Waals surface area contributed by atoms with E-state index in [0.29, 0.717) is 28.3 Å². The molecule has 7 nitrogen and oxygen atoms in total. The molecule has 0 saturated carbocycles. The molecule has 0 spiro atoms. The second-order valence-corrected chi connectivity index (χ2v) is 6.51. The van der Waals surface area contributed by atoms with Gasteiger partial charge < -0.3 is 18.9 Å². The Labute approximate surface area is 148 Å². The molecule has 0 aliphatic carbocycles. The molecule has 0 fully saturated rings. The van der Waals surface area contributed by atoms with Gasteiger partial charge >= 0.3 is 0 Å². The Morgan fingerprint density at radius 1 is 1.28 bits per heavy atom. The van der Waals surface area contributed by atoms with Crippen LogP contribution < -0.4 is 10.1 Å². The number of hydrogen-bond donors (Lipinski definition) is 1. The van der Waals surface area contributed by atoms with Crippen molar-refractivity contribution in [2.24, 2.45) is 0 Å². The fraction of sp³-hybridized carbons (Fsp3) is 0.235. The quantitative estimate of drug-likeness (QED) is 0.670. The number of carbonyl (C=O) groups excluding carboxylic acids is 1. The number of anilines is 1. The Bertz CT molecular complexity index is 874. The van der Waals surface area contributed by atoms with Crippen LogP contribution in [0.5, 0.6) is 5.75 Å². The molecular formula is C17H17N3O4S. The first-order valence-electron chi connectivity index (χ1n) is 7.57. The number of amides is 1. The summed E-state index contributed by atoms with van der Waals surface area (Å²) in [6.45, 7) is 3.58. The maximum absolute atomic E-state index is 12.4. The van der Waals surface area contributed by atoms with E-state index in [1.165, 1.54) is 11.8 Å². The zero-order chi connectivity index (χ0) is 17.8. The van der Waals surface area contributed by atoms with Crippen molar-refractivity contribution in [2.45, 2.75) is 24.3 Å². The molecule has 0 aliphatic rings. The van der Waals surface area contributed by atoms with Crippen LogP contribution in [0.2, 0.25) is 0 Å². The van der Waals surface area contributed by atoms with Crippen molar-refractivity contribution >= 4 is 23.4 Å². The van der Waals surface area contributed by atoms with E-state index >= 15 is 0 Å². The topological polar surface area (TPSA) is 90.4 Å².